The summed E-state index contributed by atoms with van der Waals surface area (Å²) in [6, 6.07) is 0. The van der Waals surface area contributed by atoms with Gasteiger partial charge >= 0.3 is 0 Å². The van der Waals surface area contributed by atoms with Crippen molar-refractivity contribution in [1.82, 2.24) is 20.9 Å². The molecule has 2 aromatic rings. The van der Waals surface area contributed by atoms with Gasteiger partial charge in [-0.25, -0.2) is 0 Å². The van der Waals surface area contributed by atoms with Gasteiger partial charge in [0, 0.05) is 39.9 Å². The van der Waals surface area contributed by atoms with E-state index in [0.29, 0.717) is 0 Å². The van der Waals surface area contributed by atoms with Gasteiger partial charge in [-0.15, -0.1) is 0 Å². The van der Waals surface area contributed by atoms with Gasteiger partial charge in [-0.1, -0.05) is 0 Å². The van der Waals surface area contributed by atoms with Crippen LogP contribution < -0.4 is 26.6 Å². The van der Waals surface area contributed by atoms with E-state index in [2.05, 4.69) is 26.6 Å². The smallest absolute Gasteiger partial charge is 0.256 e. The normalized spacial score (nSPS) is 12.6. The molecule has 3 atom stereocenters. The molecule has 0 aliphatic heterocycles. The molecule has 3 unspecified atom stereocenters. The molecule has 26 heteroatoms. The summed E-state index contributed by atoms with van der Waals surface area (Å²) in [7, 11) is 0. The molecule has 0 saturated carbocycles. The number of benzene rings is 2. The lowest BCUT2D eigenvalue weighted by Crippen LogP contribution is -2.44. The number of halogens is 6. The maximum absolute atomic E-state index is 14.4. The molecule has 0 spiro atoms. The molecule has 0 aliphatic carbocycles. The number of carbonyl (C=O) groups is 6. The zero-order valence-corrected chi connectivity index (χ0v) is 42.0. The number of carbonyl (C=O) groups excluding carboxylic acids is 6. The Morgan fingerprint density at radius 2 is 0.860 bits per heavy atom. The third-order valence-electron chi connectivity index (χ3n) is 7.36. The van der Waals surface area contributed by atoms with Crippen molar-refractivity contribution < 1.29 is 69.6 Å². The van der Waals surface area contributed by atoms with Crippen molar-refractivity contribution in [2.24, 2.45) is 0 Å². The Kier molecular flexibility index (Phi) is 23.3. The molecule has 0 bridgehead atoms. The lowest BCUT2D eigenvalue weighted by atomic mass is 10.1. The number of hydrogen-bond donors (Lipinski definition) is 13. The SMILES string of the molecule is O=C(CO)Nc1c(I)c(C(=O)NCCN(CC(O)CO)C(=O)c2c(I)c(NC(=O)CO)c(I)c(C(=O)NCC(O)CO)c2I)c(I)c(C(=O)NCC(O)CO)c1I. The van der Waals surface area contributed by atoms with Crippen LogP contribution in [0, 0.1) is 21.4 Å². The van der Waals surface area contributed by atoms with Gasteiger partial charge in [0.15, 0.2) is 0 Å². The second kappa shape index (κ2) is 25.3. The fourth-order valence-electron chi connectivity index (χ4n) is 4.56. The predicted molar refractivity (Wildman–Crippen MR) is 253 cm³/mol. The van der Waals surface area contributed by atoms with E-state index in [0.717, 1.165) is 4.90 Å². The van der Waals surface area contributed by atoms with Crippen molar-refractivity contribution >= 4 is 182 Å². The quantitative estimate of drug-likeness (QED) is 0.0677. The van der Waals surface area contributed by atoms with Crippen LogP contribution in [0.3, 0.4) is 0 Å². The van der Waals surface area contributed by atoms with Gasteiger partial charge < -0.3 is 72.3 Å². The first kappa shape index (κ1) is 52.5. The zero-order valence-electron chi connectivity index (χ0n) is 29.0. The van der Waals surface area contributed by atoms with E-state index >= 15 is 0 Å². The molecule has 0 saturated heterocycles. The van der Waals surface area contributed by atoms with Crippen molar-refractivity contribution in [3.63, 3.8) is 0 Å². The summed E-state index contributed by atoms with van der Waals surface area (Å²) in [6.45, 7) is -5.73. The molecule has 57 heavy (non-hydrogen) atoms. The van der Waals surface area contributed by atoms with E-state index in [1.54, 1.807) is 136 Å². The average Bonchev–Trinajstić information content (AvgIpc) is 3.18. The lowest BCUT2D eigenvalue weighted by molar-refractivity contribution is -0.119. The highest BCUT2D eigenvalue weighted by molar-refractivity contribution is 14.1. The van der Waals surface area contributed by atoms with Crippen LogP contribution in [-0.4, -0.2) is 165 Å². The Morgan fingerprint density at radius 1 is 0.509 bits per heavy atom. The van der Waals surface area contributed by atoms with Crippen LogP contribution in [0.25, 0.3) is 0 Å². The summed E-state index contributed by atoms with van der Waals surface area (Å²) in [5.41, 5.74) is -0.386. The predicted octanol–water partition coefficient (Wildman–Crippen LogP) is -1.43. The summed E-state index contributed by atoms with van der Waals surface area (Å²) in [6.07, 6.45) is -4.06. The number of aliphatic hydroxyl groups excluding tert-OH is 8. The van der Waals surface area contributed by atoms with Crippen LogP contribution in [-0.2, 0) is 9.59 Å². The molecule has 2 aromatic carbocycles. The van der Waals surface area contributed by atoms with Crippen LogP contribution >= 0.6 is 136 Å². The summed E-state index contributed by atoms with van der Waals surface area (Å²) >= 11 is 10.6. The van der Waals surface area contributed by atoms with Crippen LogP contribution in [0.2, 0.25) is 0 Å². The van der Waals surface area contributed by atoms with Crippen molar-refractivity contribution in [3.05, 3.63) is 43.7 Å². The first-order valence-electron chi connectivity index (χ1n) is 16.0. The Labute approximate surface area is 406 Å². The van der Waals surface area contributed by atoms with E-state index in [1.807, 2.05) is 0 Å². The highest BCUT2D eigenvalue weighted by atomic mass is 127. The average molecular weight is 1480 g/mol. The summed E-state index contributed by atoms with van der Waals surface area (Å²) in [5, 5.41) is 89.3. The Morgan fingerprint density at radius 3 is 1.23 bits per heavy atom. The molecule has 0 aromatic heterocycles. The Balaban J connectivity index is 2.63. The van der Waals surface area contributed by atoms with Gasteiger partial charge in [0.05, 0.1) is 86.0 Å². The number of anilines is 2. The van der Waals surface area contributed by atoms with Crippen molar-refractivity contribution in [3.8, 4) is 0 Å². The molecule has 0 radical (unpaired) electrons. The van der Waals surface area contributed by atoms with Crippen LogP contribution in [0.5, 0.6) is 0 Å². The first-order valence-corrected chi connectivity index (χ1v) is 22.5. The first-order chi connectivity index (χ1) is 26.8. The molecular weight excluding hydrogens is 1440 g/mol. The van der Waals surface area contributed by atoms with E-state index in [9.17, 15) is 64.5 Å². The Hall–Kier alpha value is -0.680. The number of aliphatic hydroxyl groups is 8. The molecular formula is C31H36I6N6O14. The molecule has 316 valence electrons. The fraction of sp³-hybridized carbons (Fsp3) is 0.419. The fourth-order valence-corrected chi connectivity index (χ4v) is 13.4. The summed E-state index contributed by atoms with van der Waals surface area (Å²) in [4.78, 5) is 80.5. The van der Waals surface area contributed by atoms with E-state index in [-0.39, 0.29) is 81.2 Å². The van der Waals surface area contributed by atoms with Gasteiger partial charge in [0.1, 0.15) is 13.2 Å². The lowest BCUT2D eigenvalue weighted by Gasteiger charge is -2.27. The molecule has 0 heterocycles. The molecule has 13 N–H and O–H groups in total. The second-order valence-corrected chi connectivity index (χ2v) is 18.0. The van der Waals surface area contributed by atoms with Crippen molar-refractivity contribution in [2.75, 3.05) is 76.4 Å². The van der Waals surface area contributed by atoms with E-state index in [4.69, 9.17) is 5.11 Å². The number of amides is 6. The minimum absolute atomic E-state index is 0.0134. The second-order valence-electron chi connectivity index (χ2n) is 11.5. The van der Waals surface area contributed by atoms with Crippen molar-refractivity contribution in [2.45, 2.75) is 18.3 Å². The number of nitrogens with one attached hydrogen (secondary N) is 5. The maximum atomic E-state index is 14.4. The number of nitrogens with zero attached hydrogens (tertiary/aromatic N) is 1. The van der Waals surface area contributed by atoms with Gasteiger partial charge in [0.2, 0.25) is 11.8 Å². The highest BCUT2D eigenvalue weighted by Gasteiger charge is 2.33. The van der Waals surface area contributed by atoms with E-state index in [1.165, 1.54) is 0 Å². The zero-order chi connectivity index (χ0) is 43.3. The standard InChI is InChI=1S/C31H36I6N6O14/c32-20-16(22(34)26(41-14(52)9-47)23(35)17(20)29(55)39-3-11(49)6-44)28(54)38-1-2-43(5-13(51)8-46)31(57)19-21(33)18(30(56)40-4-12(50)7-45)24(36)27(25(19)37)42-15(53)10-48/h11-13,44-51H,1-10H2,(H,38,54)(H,39,55)(H,40,56)(H,41,52)(H,42,53). The highest BCUT2D eigenvalue weighted by Crippen LogP contribution is 2.37. The third kappa shape index (κ3) is 14.2. The van der Waals surface area contributed by atoms with Gasteiger partial charge in [-0.05, 0) is 136 Å². The largest absolute Gasteiger partial charge is 0.394 e. The van der Waals surface area contributed by atoms with Crippen molar-refractivity contribution in [1.29, 1.82) is 0 Å². The minimum atomic E-state index is -1.47. The van der Waals surface area contributed by atoms with E-state index < -0.39 is 93.3 Å². The summed E-state index contributed by atoms with van der Waals surface area (Å²) in [5.74, 6) is -4.86. The van der Waals surface area contributed by atoms with Crippen LogP contribution in [0.15, 0.2) is 0 Å². The van der Waals surface area contributed by atoms with Gasteiger partial charge in [-0.3, -0.25) is 28.8 Å². The summed E-state index contributed by atoms with van der Waals surface area (Å²) < 4.78 is 0.866. The number of hydrogen-bond acceptors (Lipinski definition) is 14. The van der Waals surface area contributed by atoms with Crippen LogP contribution in [0.1, 0.15) is 41.4 Å². The van der Waals surface area contributed by atoms with Gasteiger partial charge in [0.25, 0.3) is 23.6 Å². The third-order valence-corrected chi connectivity index (χ3v) is 13.8. The molecule has 0 aliphatic rings. The monoisotopic (exact) mass is 1480 g/mol. The molecule has 6 amide bonds. The maximum Gasteiger partial charge on any atom is 0.256 e. The number of rotatable bonds is 20. The molecule has 20 nitrogen and oxygen atoms in total. The molecule has 2 rings (SSSR count). The topological polar surface area (TPSA) is 328 Å². The Bertz CT molecular complexity index is 1860. The van der Waals surface area contributed by atoms with Crippen LogP contribution in [0.4, 0.5) is 11.4 Å². The minimum Gasteiger partial charge on any atom is -0.394 e. The molecule has 0 fully saturated rings. The van der Waals surface area contributed by atoms with Gasteiger partial charge in [-0.2, -0.15) is 0 Å².